The molecular weight excluding hydrogens is 806 g/mol. The van der Waals surface area contributed by atoms with Crippen molar-refractivity contribution in [3.63, 3.8) is 0 Å². The molecule has 17 nitrogen and oxygen atoms in total. The zero-order valence-corrected chi connectivity index (χ0v) is 34.8. The fourth-order valence-corrected chi connectivity index (χ4v) is 10.7. The Labute approximate surface area is 341 Å². The van der Waals surface area contributed by atoms with Crippen LogP contribution in [0.1, 0.15) is 85.8 Å². The molecule has 4 aromatic rings. The van der Waals surface area contributed by atoms with Crippen molar-refractivity contribution in [1.82, 2.24) is 29.0 Å². The van der Waals surface area contributed by atoms with Gasteiger partial charge in [0, 0.05) is 42.7 Å². The Kier molecular flexibility index (Phi) is 10.6. The summed E-state index contributed by atoms with van der Waals surface area (Å²) in [7, 11) is -8.84. The molecule has 8 rings (SSSR count). The first-order valence-corrected chi connectivity index (χ1v) is 22.8. The van der Waals surface area contributed by atoms with Gasteiger partial charge >= 0.3 is 12.1 Å². The minimum atomic E-state index is -4.49. The number of carbonyl (C=O) groups is 2. The van der Waals surface area contributed by atoms with E-state index in [9.17, 15) is 30.8 Å². The number of ether oxygens (including phenoxy) is 2. The molecule has 2 aliphatic heterocycles. The van der Waals surface area contributed by atoms with Gasteiger partial charge < -0.3 is 25.8 Å². The number of anilines is 2. The number of rotatable bonds is 10. The molecule has 0 fully saturated rings. The number of hydrogen-bond acceptors (Lipinski definition) is 11. The third kappa shape index (κ3) is 7.72. The summed E-state index contributed by atoms with van der Waals surface area (Å²) in [5.41, 5.74) is 11.7. The minimum Gasteiger partial charge on any atom is -0.476 e. The third-order valence-corrected chi connectivity index (χ3v) is 14.2. The molecule has 2 aromatic carbocycles. The molecule has 59 heavy (non-hydrogen) atoms. The van der Waals surface area contributed by atoms with Gasteiger partial charge in [0.15, 0.2) is 9.79 Å². The quantitative estimate of drug-likeness (QED) is 0.149. The lowest BCUT2D eigenvalue weighted by molar-refractivity contribution is 0.0800. The first-order valence-electron chi connectivity index (χ1n) is 19.8. The number of hydrogen-bond donors (Lipinski definition) is 5. The van der Waals surface area contributed by atoms with Crippen LogP contribution in [0.5, 0.6) is 11.8 Å². The molecule has 6 N–H and O–H groups in total. The van der Waals surface area contributed by atoms with Gasteiger partial charge in [0.1, 0.15) is 11.9 Å². The van der Waals surface area contributed by atoms with Crippen molar-refractivity contribution < 1.29 is 40.3 Å². The molecule has 4 amide bonds. The van der Waals surface area contributed by atoms with Gasteiger partial charge in [-0.3, -0.25) is 0 Å². The predicted octanol–water partition coefficient (Wildman–Crippen LogP) is 4.51. The number of halogens is 1. The highest BCUT2D eigenvalue weighted by Gasteiger charge is 2.39. The molecular formula is C39H48FN9O8S2. The molecule has 0 spiro atoms. The molecule has 0 saturated carbocycles. The highest BCUT2D eigenvalue weighted by Crippen LogP contribution is 2.43. The first-order chi connectivity index (χ1) is 28.0. The van der Waals surface area contributed by atoms with Crippen LogP contribution in [0.2, 0.25) is 0 Å². The fraction of sp³-hybridized carbons (Fsp3) is 0.487. The average molecular weight is 854 g/mol. The molecule has 20 heteroatoms. The smallest absolute Gasteiger partial charge is 0.333 e. The molecule has 0 radical (unpaired) electrons. The largest absolute Gasteiger partial charge is 0.476 e. The van der Waals surface area contributed by atoms with E-state index in [1.165, 1.54) is 21.5 Å². The Balaban J connectivity index is 0.977. The van der Waals surface area contributed by atoms with E-state index in [1.54, 1.807) is 0 Å². The van der Waals surface area contributed by atoms with Crippen LogP contribution in [0.4, 0.5) is 25.4 Å². The zero-order chi connectivity index (χ0) is 42.0. The number of fused-ring (bicyclic) bond motifs is 4. The summed E-state index contributed by atoms with van der Waals surface area (Å²) in [6.45, 7) is 8.75. The summed E-state index contributed by atoms with van der Waals surface area (Å²) in [6, 6.07) is 2.88. The summed E-state index contributed by atoms with van der Waals surface area (Å²) < 4.78 is 87.9. The van der Waals surface area contributed by atoms with Gasteiger partial charge in [-0.2, -0.15) is 10.2 Å². The van der Waals surface area contributed by atoms with Crippen molar-refractivity contribution in [1.29, 1.82) is 0 Å². The number of nitrogens with one attached hydrogen (secondary N) is 4. The normalized spacial score (nSPS) is 19.6. The molecule has 0 saturated heterocycles. The second kappa shape index (κ2) is 15.4. The van der Waals surface area contributed by atoms with E-state index in [-0.39, 0.29) is 51.8 Å². The van der Waals surface area contributed by atoms with Crippen LogP contribution >= 0.6 is 0 Å². The number of sulfonamides is 2. The van der Waals surface area contributed by atoms with Gasteiger partial charge in [-0.15, -0.1) is 0 Å². The molecule has 2 aliphatic carbocycles. The van der Waals surface area contributed by atoms with Crippen LogP contribution in [-0.4, -0.2) is 67.7 Å². The van der Waals surface area contributed by atoms with E-state index in [0.717, 1.165) is 47.5 Å². The summed E-state index contributed by atoms with van der Waals surface area (Å²) in [6.07, 6.45) is 5.85. The average Bonchev–Trinajstić information content (AvgIpc) is 3.99. The molecule has 4 aliphatic rings. The van der Waals surface area contributed by atoms with Gasteiger partial charge in [0.05, 0.1) is 25.5 Å². The number of amides is 4. The van der Waals surface area contributed by atoms with Gasteiger partial charge in [-0.05, 0) is 89.5 Å². The van der Waals surface area contributed by atoms with Crippen LogP contribution < -0.4 is 35.3 Å². The van der Waals surface area contributed by atoms with Crippen LogP contribution in [0.25, 0.3) is 0 Å². The lowest BCUT2D eigenvalue weighted by Gasteiger charge is -2.29. The van der Waals surface area contributed by atoms with Gasteiger partial charge in [-0.25, -0.2) is 49.6 Å². The van der Waals surface area contributed by atoms with E-state index in [0.29, 0.717) is 67.8 Å². The lowest BCUT2D eigenvalue weighted by atomic mass is 9.92. The van der Waals surface area contributed by atoms with E-state index in [4.69, 9.17) is 15.2 Å². The third-order valence-electron chi connectivity index (χ3n) is 11.6. The maximum Gasteiger partial charge on any atom is 0.333 e. The number of carbonyl (C=O) groups excluding carboxylic acids is 2. The summed E-state index contributed by atoms with van der Waals surface area (Å²) in [5, 5.41) is 13.9. The highest BCUT2D eigenvalue weighted by molar-refractivity contribution is 7.90. The van der Waals surface area contributed by atoms with Crippen molar-refractivity contribution >= 4 is 43.5 Å². The molecule has 316 valence electrons. The number of aromatic nitrogens is 4. The van der Waals surface area contributed by atoms with E-state index in [1.807, 2.05) is 27.7 Å². The number of benzene rings is 2. The Hall–Kier alpha value is -5.21. The van der Waals surface area contributed by atoms with Crippen molar-refractivity contribution in [3.8, 4) is 11.8 Å². The van der Waals surface area contributed by atoms with E-state index >= 15 is 0 Å². The van der Waals surface area contributed by atoms with Crippen LogP contribution in [0.3, 0.4) is 0 Å². The number of urea groups is 2. The maximum atomic E-state index is 14.5. The molecule has 3 unspecified atom stereocenters. The Bertz CT molecular complexity index is 2540. The second-order valence-corrected chi connectivity index (χ2v) is 19.6. The maximum absolute atomic E-state index is 14.5. The van der Waals surface area contributed by atoms with Gasteiger partial charge in [-0.1, -0.05) is 33.8 Å². The Morgan fingerprint density at radius 3 is 2.12 bits per heavy atom. The van der Waals surface area contributed by atoms with Gasteiger partial charge in [0.2, 0.25) is 11.8 Å². The molecule has 3 atom stereocenters. The number of nitrogens with zero attached hydrogens (tertiary/aromatic N) is 4. The van der Waals surface area contributed by atoms with Crippen LogP contribution in [0.15, 0.2) is 40.4 Å². The second-order valence-electron chi connectivity index (χ2n) is 16.3. The fourth-order valence-electron chi connectivity index (χ4n) is 8.69. The first kappa shape index (κ1) is 40.6. The van der Waals surface area contributed by atoms with Crippen molar-refractivity contribution in [2.45, 2.75) is 107 Å². The highest BCUT2D eigenvalue weighted by atomic mass is 32.2. The summed E-state index contributed by atoms with van der Waals surface area (Å²) in [4.78, 5) is 26.2. The predicted molar refractivity (Wildman–Crippen MR) is 214 cm³/mol. The van der Waals surface area contributed by atoms with Crippen LogP contribution in [-0.2, 0) is 58.8 Å². The molecule has 2 aromatic heterocycles. The SMILES string of the molecule is CC(C)c1cc(F)cc(C(C)C)c1NC(=O)NS(=O)(=O)c1cnn2c1OC(C1Cc3cc4c(c(NC(=O)NS(=O)(=O)c5cnn6c5OCC(CN)C6)c3C1)CCC4)CC2. The Morgan fingerprint density at radius 2 is 1.47 bits per heavy atom. The monoisotopic (exact) mass is 853 g/mol. The van der Waals surface area contributed by atoms with Crippen molar-refractivity contribution in [3.05, 3.63) is 69.8 Å². The zero-order valence-electron chi connectivity index (χ0n) is 33.2. The van der Waals surface area contributed by atoms with Gasteiger partial charge in [0.25, 0.3) is 20.0 Å². The molecule has 4 heterocycles. The van der Waals surface area contributed by atoms with Crippen LogP contribution in [0, 0.1) is 17.7 Å². The van der Waals surface area contributed by atoms with E-state index < -0.39 is 44.0 Å². The molecule has 0 bridgehead atoms. The standard InChI is InChI=1S/C39H48FN9O8S2/c1-20(2)28-13-26(40)14-29(21(3)4)35(28)45-39(51)47-59(54,55)33-17-42-48-9-8-31(57-37(33)48)25-11-24-10-23-6-5-7-27(23)34(30(24)12-25)44-38(50)46-58(52,53)32-16-43-49-18-22(15-41)19-56-36(32)49/h10,13-14,16-17,20-22,25,31H,5-9,11-12,15,18-19,41H2,1-4H3,(H2,44,46,50)(H2,45,47,51). The summed E-state index contributed by atoms with van der Waals surface area (Å²) in [5.74, 6) is -0.857. The van der Waals surface area contributed by atoms with Crippen molar-refractivity contribution in [2.24, 2.45) is 17.6 Å². The van der Waals surface area contributed by atoms with E-state index in [2.05, 4.69) is 36.3 Å². The minimum absolute atomic E-state index is 0.000311. The number of nitrogens with two attached hydrogens (primary N) is 1. The summed E-state index contributed by atoms with van der Waals surface area (Å²) >= 11 is 0. The lowest BCUT2D eigenvalue weighted by Crippen LogP contribution is -2.37. The topological polar surface area (TPSA) is 231 Å². The number of aryl methyl sites for hydroxylation is 2. The van der Waals surface area contributed by atoms with Crippen molar-refractivity contribution in [2.75, 3.05) is 23.8 Å². The Morgan fingerprint density at radius 1 is 0.847 bits per heavy atom.